The second-order valence-electron chi connectivity index (χ2n) is 5.48. The number of nitrogens with zero attached hydrogens (tertiary/aromatic N) is 2. The summed E-state index contributed by atoms with van der Waals surface area (Å²) in [5, 5.41) is 0. The van der Waals surface area contributed by atoms with Gasteiger partial charge in [0.15, 0.2) is 0 Å². The summed E-state index contributed by atoms with van der Waals surface area (Å²) in [7, 11) is 4.27. The Bertz CT molecular complexity index is 395. The zero-order valence-electron chi connectivity index (χ0n) is 12.0. The third-order valence-corrected chi connectivity index (χ3v) is 3.63. The van der Waals surface area contributed by atoms with Crippen molar-refractivity contribution in [3.05, 3.63) is 24.3 Å². The molecule has 1 saturated heterocycles. The highest BCUT2D eigenvalue weighted by Crippen LogP contribution is 2.21. The van der Waals surface area contributed by atoms with Crippen LogP contribution in [0, 0.1) is 0 Å². The van der Waals surface area contributed by atoms with E-state index in [-0.39, 0.29) is 0 Å². The number of benzene rings is 1. The number of likely N-dealkylation sites (N-methyl/N-ethyl adjacent to an activating group) is 1. The van der Waals surface area contributed by atoms with Gasteiger partial charge in [-0.15, -0.1) is 0 Å². The quantitative estimate of drug-likeness (QED) is 0.793. The highest BCUT2D eigenvalue weighted by atomic mass is 16.5. The Morgan fingerprint density at radius 1 is 1.37 bits per heavy atom. The minimum absolute atomic E-state index is 0.673. The summed E-state index contributed by atoms with van der Waals surface area (Å²) in [5.41, 5.74) is 6.58. The molecule has 1 aromatic carbocycles. The molecule has 1 fully saturated rings. The second kappa shape index (κ2) is 6.78. The van der Waals surface area contributed by atoms with Crippen LogP contribution in [0.15, 0.2) is 24.3 Å². The van der Waals surface area contributed by atoms with Gasteiger partial charge in [-0.2, -0.15) is 0 Å². The molecule has 106 valence electrons. The lowest BCUT2D eigenvalue weighted by molar-refractivity contribution is 0.173. The van der Waals surface area contributed by atoms with E-state index >= 15 is 0 Å². The van der Waals surface area contributed by atoms with Gasteiger partial charge in [0.25, 0.3) is 0 Å². The topological polar surface area (TPSA) is 41.7 Å². The monoisotopic (exact) mass is 263 g/mol. The van der Waals surface area contributed by atoms with Gasteiger partial charge >= 0.3 is 0 Å². The van der Waals surface area contributed by atoms with Crippen LogP contribution in [0.3, 0.4) is 0 Å². The fraction of sp³-hybridized carbons (Fsp3) is 0.600. The highest BCUT2D eigenvalue weighted by Gasteiger charge is 2.24. The van der Waals surface area contributed by atoms with Gasteiger partial charge in [0.05, 0.1) is 5.69 Å². The summed E-state index contributed by atoms with van der Waals surface area (Å²) in [6, 6.07) is 8.36. The van der Waals surface area contributed by atoms with E-state index in [1.807, 2.05) is 24.3 Å². The van der Waals surface area contributed by atoms with E-state index in [9.17, 15) is 0 Å². The zero-order chi connectivity index (χ0) is 13.7. The first-order chi connectivity index (χ1) is 9.16. The fourth-order valence-electron chi connectivity index (χ4n) is 2.70. The van der Waals surface area contributed by atoms with Crippen molar-refractivity contribution >= 4 is 5.69 Å². The Balaban J connectivity index is 1.77. The van der Waals surface area contributed by atoms with E-state index in [2.05, 4.69) is 23.9 Å². The summed E-state index contributed by atoms with van der Waals surface area (Å²) in [6.07, 6.45) is 2.59. The lowest BCUT2D eigenvalue weighted by Crippen LogP contribution is -2.39. The molecule has 1 atom stereocenters. The van der Waals surface area contributed by atoms with Crippen molar-refractivity contribution in [1.82, 2.24) is 9.80 Å². The molecule has 0 bridgehead atoms. The summed E-state index contributed by atoms with van der Waals surface area (Å²) >= 11 is 0. The summed E-state index contributed by atoms with van der Waals surface area (Å²) in [5.74, 6) is 0.797. The third kappa shape index (κ3) is 4.11. The van der Waals surface area contributed by atoms with Crippen molar-refractivity contribution in [1.29, 1.82) is 0 Å². The van der Waals surface area contributed by atoms with E-state index < -0.39 is 0 Å². The molecule has 4 nitrogen and oxygen atoms in total. The van der Waals surface area contributed by atoms with E-state index in [0.29, 0.717) is 18.3 Å². The molecule has 2 N–H and O–H groups in total. The molecular formula is C15H25N3O. The number of anilines is 1. The van der Waals surface area contributed by atoms with Crippen molar-refractivity contribution < 1.29 is 4.74 Å². The Labute approximate surface area is 116 Å². The number of likely N-dealkylation sites (tertiary alicyclic amines) is 1. The molecule has 19 heavy (non-hydrogen) atoms. The SMILES string of the molecule is CN(C)CC1CCCN1CCOc1ccccc1N. The molecule has 2 rings (SSSR count). The predicted molar refractivity (Wildman–Crippen MR) is 79.5 cm³/mol. The van der Waals surface area contributed by atoms with Gasteiger partial charge in [0, 0.05) is 19.1 Å². The van der Waals surface area contributed by atoms with Crippen molar-refractivity contribution in [2.24, 2.45) is 0 Å². The molecule has 4 heteroatoms. The number of hydrogen-bond acceptors (Lipinski definition) is 4. The average molecular weight is 263 g/mol. The van der Waals surface area contributed by atoms with E-state index in [1.165, 1.54) is 19.4 Å². The van der Waals surface area contributed by atoms with Crippen LogP contribution in [-0.2, 0) is 0 Å². The van der Waals surface area contributed by atoms with Gasteiger partial charge in [0.2, 0.25) is 0 Å². The van der Waals surface area contributed by atoms with Gasteiger partial charge < -0.3 is 15.4 Å². The van der Waals surface area contributed by atoms with Gasteiger partial charge in [-0.05, 0) is 45.6 Å². The average Bonchev–Trinajstić information content (AvgIpc) is 2.78. The molecule has 0 spiro atoms. The van der Waals surface area contributed by atoms with Crippen LogP contribution in [0.4, 0.5) is 5.69 Å². The number of nitrogen functional groups attached to an aromatic ring is 1. The summed E-state index contributed by atoms with van der Waals surface area (Å²) in [6.45, 7) is 4.00. The number of rotatable bonds is 6. The maximum Gasteiger partial charge on any atom is 0.142 e. The van der Waals surface area contributed by atoms with Crippen LogP contribution in [0.1, 0.15) is 12.8 Å². The van der Waals surface area contributed by atoms with Crippen LogP contribution in [0.5, 0.6) is 5.75 Å². The molecule has 0 saturated carbocycles. The van der Waals surface area contributed by atoms with Crippen molar-refractivity contribution in [3.63, 3.8) is 0 Å². The lowest BCUT2D eigenvalue weighted by atomic mass is 10.2. The van der Waals surface area contributed by atoms with Gasteiger partial charge in [-0.1, -0.05) is 12.1 Å². The number of ether oxygens (including phenoxy) is 1. The molecule has 1 unspecified atom stereocenters. The smallest absolute Gasteiger partial charge is 0.142 e. The molecule has 1 aliphatic rings. The minimum atomic E-state index is 0.673. The maximum absolute atomic E-state index is 5.86. The van der Waals surface area contributed by atoms with Crippen molar-refractivity contribution in [2.45, 2.75) is 18.9 Å². The Hall–Kier alpha value is -1.26. The molecular weight excluding hydrogens is 238 g/mol. The molecule has 0 radical (unpaired) electrons. The van der Waals surface area contributed by atoms with E-state index in [1.54, 1.807) is 0 Å². The standard InChI is InChI=1S/C15H25N3O/c1-17(2)12-13-6-5-9-18(13)10-11-19-15-8-4-3-7-14(15)16/h3-4,7-8,13H,5-6,9-12,16H2,1-2H3. The van der Waals surface area contributed by atoms with Crippen LogP contribution < -0.4 is 10.5 Å². The van der Waals surface area contributed by atoms with Gasteiger partial charge in [-0.3, -0.25) is 4.90 Å². The second-order valence-corrected chi connectivity index (χ2v) is 5.48. The van der Waals surface area contributed by atoms with Crippen LogP contribution in [-0.4, -0.2) is 56.2 Å². The molecule has 0 aliphatic carbocycles. The molecule has 1 heterocycles. The molecule has 0 aromatic heterocycles. The summed E-state index contributed by atoms with van der Waals surface area (Å²) < 4.78 is 5.77. The molecule has 0 amide bonds. The largest absolute Gasteiger partial charge is 0.490 e. The van der Waals surface area contributed by atoms with Gasteiger partial charge in [0.1, 0.15) is 12.4 Å². The van der Waals surface area contributed by atoms with Crippen LogP contribution in [0.25, 0.3) is 0 Å². The first-order valence-electron chi connectivity index (χ1n) is 7.03. The first-order valence-corrected chi connectivity index (χ1v) is 7.03. The third-order valence-electron chi connectivity index (χ3n) is 3.63. The van der Waals surface area contributed by atoms with Gasteiger partial charge in [-0.25, -0.2) is 0 Å². The van der Waals surface area contributed by atoms with E-state index in [4.69, 9.17) is 10.5 Å². The van der Waals surface area contributed by atoms with Crippen LogP contribution >= 0.6 is 0 Å². The molecule has 1 aliphatic heterocycles. The van der Waals surface area contributed by atoms with Crippen molar-refractivity contribution in [2.75, 3.05) is 46.1 Å². The van der Waals surface area contributed by atoms with Crippen molar-refractivity contribution in [3.8, 4) is 5.75 Å². The number of nitrogens with two attached hydrogens (primary N) is 1. The number of para-hydroxylation sites is 2. The lowest BCUT2D eigenvalue weighted by Gasteiger charge is -2.26. The Morgan fingerprint density at radius 2 is 2.16 bits per heavy atom. The molecule has 1 aromatic rings. The fourth-order valence-corrected chi connectivity index (χ4v) is 2.70. The highest BCUT2D eigenvalue weighted by molar-refractivity contribution is 5.51. The van der Waals surface area contributed by atoms with Crippen LogP contribution in [0.2, 0.25) is 0 Å². The number of hydrogen-bond donors (Lipinski definition) is 1. The normalized spacial score (nSPS) is 20.1. The predicted octanol–water partition coefficient (Wildman–Crippen LogP) is 1.67. The Kier molecular flexibility index (Phi) is 5.05. The van der Waals surface area contributed by atoms with E-state index in [0.717, 1.165) is 18.8 Å². The minimum Gasteiger partial charge on any atom is -0.490 e. The summed E-state index contributed by atoms with van der Waals surface area (Å²) in [4.78, 5) is 4.79. The Morgan fingerprint density at radius 3 is 2.89 bits per heavy atom. The zero-order valence-corrected chi connectivity index (χ0v) is 12.0. The first kappa shape index (κ1) is 14.2. The maximum atomic E-state index is 5.86.